The number of hydrogen-bond acceptors (Lipinski definition) is 4. The Hall–Kier alpha value is -0.910. The molecule has 0 aromatic heterocycles. The Morgan fingerprint density at radius 1 is 0.962 bits per heavy atom. The smallest absolute Gasteiger partial charge is 0.183 e. The van der Waals surface area contributed by atoms with Gasteiger partial charge >= 0.3 is 0 Å². The van der Waals surface area contributed by atoms with E-state index >= 15 is 0 Å². The van der Waals surface area contributed by atoms with Gasteiger partial charge in [0.1, 0.15) is 0 Å². The van der Waals surface area contributed by atoms with Crippen molar-refractivity contribution in [2.45, 2.75) is 45.2 Å². The Labute approximate surface area is 161 Å². The first-order chi connectivity index (χ1) is 12.7. The van der Waals surface area contributed by atoms with Crippen LogP contribution in [0.25, 0.3) is 0 Å². The summed E-state index contributed by atoms with van der Waals surface area (Å²) in [5.74, 6) is 0.771. The maximum atomic E-state index is 5.92. The van der Waals surface area contributed by atoms with Crippen LogP contribution in [0.3, 0.4) is 0 Å². The zero-order chi connectivity index (χ0) is 18.2. The van der Waals surface area contributed by atoms with Crippen molar-refractivity contribution in [3.05, 3.63) is 47.0 Å². The van der Waals surface area contributed by atoms with Crippen LogP contribution in [0.15, 0.2) is 36.4 Å². The predicted octanol–water partition coefficient (Wildman–Crippen LogP) is 5.13. The highest BCUT2D eigenvalue weighted by molar-refractivity contribution is 6.30. The minimum atomic E-state index is -0.290. The Kier molecular flexibility index (Phi) is 7.96. The van der Waals surface area contributed by atoms with Gasteiger partial charge in [0.15, 0.2) is 12.6 Å². The van der Waals surface area contributed by atoms with Gasteiger partial charge in [-0.2, -0.15) is 0 Å². The van der Waals surface area contributed by atoms with Crippen LogP contribution in [0.1, 0.15) is 44.5 Å². The molecule has 0 amide bonds. The van der Waals surface area contributed by atoms with Crippen molar-refractivity contribution in [1.29, 1.82) is 0 Å². The molecule has 2 aliphatic rings. The van der Waals surface area contributed by atoms with Gasteiger partial charge in [0.25, 0.3) is 0 Å². The van der Waals surface area contributed by atoms with Gasteiger partial charge in [0.05, 0.1) is 26.4 Å². The van der Waals surface area contributed by atoms with Gasteiger partial charge < -0.3 is 18.9 Å². The molecule has 2 fully saturated rings. The molecule has 144 valence electrons. The quantitative estimate of drug-likeness (QED) is 0.614. The second kappa shape index (κ2) is 10.4. The summed E-state index contributed by atoms with van der Waals surface area (Å²) in [4.78, 5) is 0. The maximum Gasteiger partial charge on any atom is 0.183 e. The number of rotatable bonds is 7. The molecule has 4 nitrogen and oxygen atoms in total. The SMILES string of the molecule is CCCC=CC1COC(CCC2COC(c3ccc(Cl)cc3)OC2)OC1. The molecule has 0 saturated carbocycles. The summed E-state index contributed by atoms with van der Waals surface area (Å²) in [6.07, 6.45) is 8.23. The van der Waals surface area contributed by atoms with Gasteiger partial charge in [-0.1, -0.05) is 49.2 Å². The summed E-state index contributed by atoms with van der Waals surface area (Å²) in [7, 11) is 0. The molecule has 0 unspecified atom stereocenters. The first-order valence-electron chi connectivity index (χ1n) is 9.63. The van der Waals surface area contributed by atoms with E-state index in [1.54, 1.807) is 0 Å². The molecule has 1 aromatic rings. The summed E-state index contributed by atoms with van der Waals surface area (Å²) in [5.41, 5.74) is 1.01. The molecule has 2 saturated heterocycles. The molecule has 0 N–H and O–H groups in total. The van der Waals surface area contributed by atoms with Crippen molar-refractivity contribution < 1.29 is 18.9 Å². The van der Waals surface area contributed by atoms with Crippen LogP contribution < -0.4 is 0 Å². The van der Waals surface area contributed by atoms with E-state index in [9.17, 15) is 0 Å². The fourth-order valence-electron chi connectivity index (χ4n) is 3.19. The molecule has 0 spiro atoms. The highest BCUT2D eigenvalue weighted by Crippen LogP contribution is 2.28. The van der Waals surface area contributed by atoms with Crippen LogP contribution in [0, 0.1) is 11.8 Å². The summed E-state index contributed by atoms with van der Waals surface area (Å²) >= 11 is 5.92. The Bertz CT molecular complexity index is 544. The second-order valence-electron chi connectivity index (χ2n) is 7.07. The number of allylic oxidation sites excluding steroid dienone is 1. The summed E-state index contributed by atoms with van der Waals surface area (Å²) in [6.45, 7) is 5.08. The average molecular weight is 381 g/mol. The molecule has 0 atom stereocenters. The fourth-order valence-corrected chi connectivity index (χ4v) is 3.31. The Balaban J connectivity index is 1.32. The molecular weight excluding hydrogens is 352 g/mol. The van der Waals surface area contributed by atoms with Crippen molar-refractivity contribution in [3.8, 4) is 0 Å². The van der Waals surface area contributed by atoms with Gasteiger partial charge in [-0.15, -0.1) is 0 Å². The molecular formula is C21H29ClO4. The van der Waals surface area contributed by atoms with Crippen LogP contribution in [0.5, 0.6) is 0 Å². The second-order valence-corrected chi connectivity index (χ2v) is 7.50. The number of unbranched alkanes of at least 4 members (excludes halogenated alkanes) is 1. The van der Waals surface area contributed by atoms with Crippen LogP contribution in [-0.2, 0) is 18.9 Å². The minimum Gasteiger partial charge on any atom is -0.352 e. The summed E-state index contributed by atoms with van der Waals surface area (Å²) in [5, 5.41) is 0.720. The molecule has 5 heteroatoms. The Morgan fingerprint density at radius 2 is 1.65 bits per heavy atom. The van der Waals surface area contributed by atoms with Gasteiger partial charge in [0.2, 0.25) is 0 Å². The van der Waals surface area contributed by atoms with E-state index in [1.807, 2.05) is 24.3 Å². The molecule has 1 aromatic carbocycles. The van der Waals surface area contributed by atoms with Gasteiger partial charge in [-0.25, -0.2) is 0 Å². The molecule has 3 rings (SSSR count). The lowest BCUT2D eigenvalue weighted by molar-refractivity contribution is -0.217. The molecule has 2 aliphatic heterocycles. The zero-order valence-corrected chi connectivity index (χ0v) is 16.2. The molecule has 0 bridgehead atoms. The third-order valence-corrected chi connectivity index (χ3v) is 5.03. The first-order valence-corrected chi connectivity index (χ1v) is 10.0. The monoisotopic (exact) mass is 380 g/mol. The van der Waals surface area contributed by atoms with Crippen LogP contribution in [-0.4, -0.2) is 32.7 Å². The first kappa shape index (κ1) is 19.8. The standard InChI is InChI=1S/C21H29ClO4/c1-2-3-4-5-16-12-23-20(24-13-16)11-6-17-14-25-21(26-15-17)18-7-9-19(22)10-8-18/h4-5,7-10,16-17,20-21H,2-3,6,11-15H2,1H3. The van der Waals surface area contributed by atoms with Crippen molar-refractivity contribution >= 4 is 11.6 Å². The highest BCUT2D eigenvalue weighted by Gasteiger charge is 2.26. The van der Waals surface area contributed by atoms with E-state index in [2.05, 4.69) is 19.1 Å². The summed E-state index contributed by atoms with van der Waals surface area (Å²) in [6, 6.07) is 7.61. The van der Waals surface area contributed by atoms with Crippen LogP contribution >= 0.6 is 11.6 Å². The lowest BCUT2D eigenvalue weighted by Crippen LogP contribution is -2.33. The number of ether oxygens (including phenoxy) is 4. The van der Waals surface area contributed by atoms with E-state index < -0.39 is 0 Å². The predicted molar refractivity (Wildman–Crippen MR) is 102 cm³/mol. The highest BCUT2D eigenvalue weighted by atomic mass is 35.5. The third-order valence-electron chi connectivity index (χ3n) is 4.78. The third kappa shape index (κ3) is 6.07. The fraction of sp³-hybridized carbons (Fsp3) is 0.619. The molecule has 2 heterocycles. The van der Waals surface area contributed by atoms with Crippen molar-refractivity contribution in [1.82, 2.24) is 0 Å². The van der Waals surface area contributed by atoms with Crippen molar-refractivity contribution in [3.63, 3.8) is 0 Å². The topological polar surface area (TPSA) is 36.9 Å². The van der Waals surface area contributed by atoms with E-state index in [0.717, 1.165) is 43.1 Å². The van der Waals surface area contributed by atoms with E-state index in [1.165, 1.54) is 6.42 Å². The van der Waals surface area contributed by atoms with Crippen molar-refractivity contribution in [2.75, 3.05) is 26.4 Å². The lowest BCUT2D eigenvalue weighted by Gasteiger charge is -2.32. The number of halogens is 1. The van der Waals surface area contributed by atoms with E-state index in [4.69, 9.17) is 30.5 Å². The lowest BCUT2D eigenvalue weighted by atomic mass is 10.0. The molecule has 26 heavy (non-hydrogen) atoms. The van der Waals surface area contributed by atoms with Gasteiger partial charge in [-0.05, 0) is 31.4 Å². The number of benzene rings is 1. The van der Waals surface area contributed by atoms with E-state index in [-0.39, 0.29) is 12.6 Å². The largest absolute Gasteiger partial charge is 0.352 e. The zero-order valence-electron chi connectivity index (χ0n) is 15.4. The minimum absolute atomic E-state index is 0.0974. The van der Waals surface area contributed by atoms with Gasteiger partial charge in [-0.3, -0.25) is 0 Å². The van der Waals surface area contributed by atoms with Crippen LogP contribution in [0.2, 0.25) is 5.02 Å². The normalized spacial score (nSPS) is 29.9. The average Bonchev–Trinajstić information content (AvgIpc) is 2.69. The Morgan fingerprint density at radius 3 is 2.31 bits per heavy atom. The van der Waals surface area contributed by atoms with Crippen LogP contribution in [0.4, 0.5) is 0 Å². The van der Waals surface area contributed by atoms with Gasteiger partial charge in [0, 0.05) is 22.4 Å². The molecule has 0 radical (unpaired) electrons. The maximum absolute atomic E-state index is 5.92. The van der Waals surface area contributed by atoms with E-state index in [0.29, 0.717) is 25.0 Å². The number of hydrogen-bond donors (Lipinski definition) is 0. The molecule has 0 aliphatic carbocycles. The van der Waals surface area contributed by atoms with Crippen molar-refractivity contribution in [2.24, 2.45) is 11.8 Å². The summed E-state index contributed by atoms with van der Waals surface area (Å²) < 4.78 is 23.4.